The van der Waals surface area contributed by atoms with Gasteiger partial charge in [-0.15, -0.1) is 12.4 Å². The minimum atomic E-state index is -3.70. The Morgan fingerprint density at radius 3 is 2.83 bits per heavy atom. The Hall–Kier alpha value is -0.570. The molecule has 1 saturated heterocycles. The summed E-state index contributed by atoms with van der Waals surface area (Å²) in [6.07, 6.45) is 0.490. The molecule has 9 heteroatoms. The maximum atomic E-state index is 12.6. The molecule has 1 aromatic rings. The fourth-order valence-electron chi connectivity index (χ4n) is 2.31. The molecule has 2 rings (SSSR count). The molecule has 0 radical (unpaired) electrons. The van der Waals surface area contributed by atoms with E-state index in [1.54, 1.807) is 19.2 Å². The van der Waals surface area contributed by atoms with Crippen LogP contribution in [0.1, 0.15) is 13.3 Å². The first kappa shape index (κ1) is 20.5. The Bertz CT molecular complexity index is 607. The van der Waals surface area contributed by atoms with Crippen LogP contribution >= 0.6 is 24.0 Å². The van der Waals surface area contributed by atoms with Gasteiger partial charge in [-0.2, -0.15) is 0 Å². The van der Waals surface area contributed by atoms with Crippen LogP contribution in [0.15, 0.2) is 23.1 Å². The van der Waals surface area contributed by atoms with Crippen molar-refractivity contribution in [3.8, 4) is 5.75 Å². The maximum absolute atomic E-state index is 12.6. The number of ether oxygens (including phenoxy) is 2. The molecule has 0 bridgehead atoms. The highest BCUT2D eigenvalue weighted by Crippen LogP contribution is 2.28. The van der Waals surface area contributed by atoms with Crippen molar-refractivity contribution >= 4 is 34.0 Å². The lowest BCUT2D eigenvalue weighted by molar-refractivity contribution is 0.0901. The minimum Gasteiger partial charge on any atom is -0.487 e. The summed E-state index contributed by atoms with van der Waals surface area (Å²) in [5.41, 5.74) is 0. The lowest BCUT2D eigenvalue weighted by Crippen LogP contribution is -2.36. The molecular formula is C14H22Cl2N2O4S. The molecule has 0 spiro atoms. The molecule has 2 unspecified atom stereocenters. The van der Waals surface area contributed by atoms with E-state index in [1.807, 2.05) is 6.92 Å². The third-order valence-electron chi connectivity index (χ3n) is 3.31. The normalized spacial score (nSPS) is 19.2. The first-order chi connectivity index (χ1) is 10.4. The van der Waals surface area contributed by atoms with Gasteiger partial charge in [0.15, 0.2) is 0 Å². The monoisotopic (exact) mass is 384 g/mol. The van der Waals surface area contributed by atoms with Crippen LogP contribution < -0.4 is 14.8 Å². The highest BCUT2D eigenvalue weighted by molar-refractivity contribution is 7.89. The highest BCUT2D eigenvalue weighted by Gasteiger charge is 2.26. The summed E-state index contributed by atoms with van der Waals surface area (Å²) < 4.78 is 38.5. The lowest BCUT2D eigenvalue weighted by atomic mass is 10.3. The van der Waals surface area contributed by atoms with E-state index in [-0.39, 0.29) is 35.2 Å². The predicted molar refractivity (Wildman–Crippen MR) is 92.3 cm³/mol. The zero-order valence-corrected chi connectivity index (χ0v) is 15.4. The molecule has 0 amide bonds. The van der Waals surface area contributed by atoms with Crippen LogP contribution in [0, 0.1) is 0 Å². The molecule has 0 saturated carbocycles. The Labute approximate surface area is 148 Å². The van der Waals surface area contributed by atoms with Gasteiger partial charge >= 0.3 is 0 Å². The van der Waals surface area contributed by atoms with Crippen molar-refractivity contribution < 1.29 is 17.9 Å². The van der Waals surface area contributed by atoms with Gasteiger partial charge in [0.05, 0.1) is 6.61 Å². The number of methoxy groups -OCH3 is 1. The first-order valence-corrected chi connectivity index (χ1v) is 8.96. The number of sulfonamides is 1. The number of rotatable bonds is 7. The first-order valence-electron chi connectivity index (χ1n) is 7.10. The molecule has 23 heavy (non-hydrogen) atoms. The van der Waals surface area contributed by atoms with Crippen molar-refractivity contribution in [1.29, 1.82) is 0 Å². The summed E-state index contributed by atoms with van der Waals surface area (Å²) in [4.78, 5) is 0.0508. The smallest absolute Gasteiger partial charge is 0.244 e. The second-order valence-corrected chi connectivity index (χ2v) is 7.40. The van der Waals surface area contributed by atoms with Gasteiger partial charge in [0.2, 0.25) is 10.0 Å². The van der Waals surface area contributed by atoms with Crippen molar-refractivity contribution in [2.45, 2.75) is 30.4 Å². The van der Waals surface area contributed by atoms with Crippen molar-refractivity contribution in [2.24, 2.45) is 0 Å². The summed E-state index contributed by atoms with van der Waals surface area (Å²) in [5.74, 6) is 0.271. The van der Waals surface area contributed by atoms with E-state index in [4.69, 9.17) is 21.1 Å². The summed E-state index contributed by atoms with van der Waals surface area (Å²) in [6, 6.07) is 4.46. The molecule has 132 valence electrons. The molecule has 0 aliphatic carbocycles. The van der Waals surface area contributed by atoms with Crippen LogP contribution in [-0.2, 0) is 14.8 Å². The average molecular weight is 385 g/mol. The third-order valence-corrected chi connectivity index (χ3v) is 5.08. The fraction of sp³-hybridized carbons (Fsp3) is 0.571. The Morgan fingerprint density at radius 1 is 1.48 bits per heavy atom. The van der Waals surface area contributed by atoms with Gasteiger partial charge in [0, 0.05) is 24.7 Å². The molecule has 1 fully saturated rings. The molecule has 1 aliphatic rings. The second-order valence-electron chi connectivity index (χ2n) is 5.29. The standard InChI is InChI=1S/C14H21ClN2O4S.ClH/c1-10(9-20-2)21-13-4-3-11(15)7-14(13)22(18,19)17-12-5-6-16-8-12;/h3-4,7,10,12,16-17H,5-6,8-9H2,1-2H3;1H. The van der Waals surface area contributed by atoms with Crippen LogP contribution in [0.2, 0.25) is 5.02 Å². The van der Waals surface area contributed by atoms with Crippen LogP contribution in [-0.4, -0.2) is 47.4 Å². The zero-order valence-electron chi connectivity index (χ0n) is 13.0. The van der Waals surface area contributed by atoms with Crippen molar-refractivity contribution in [3.63, 3.8) is 0 Å². The van der Waals surface area contributed by atoms with Crippen LogP contribution in [0.3, 0.4) is 0 Å². The number of benzene rings is 1. The molecule has 1 heterocycles. The summed E-state index contributed by atoms with van der Waals surface area (Å²) in [7, 11) is -2.13. The van der Waals surface area contributed by atoms with E-state index >= 15 is 0 Å². The largest absolute Gasteiger partial charge is 0.487 e. The molecule has 2 N–H and O–H groups in total. The Balaban J connectivity index is 0.00000264. The molecule has 6 nitrogen and oxygen atoms in total. The minimum absolute atomic E-state index is 0. The average Bonchev–Trinajstić information content (AvgIpc) is 2.93. The summed E-state index contributed by atoms with van der Waals surface area (Å²) in [6.45, 7) is 3.60. The van der Waals surface area contributed by atoms with Gasteiger partial charge in [0.25, 0.3) is 0 Å². The van der Waals surface area contributed by atoms with Gasteiger partial charge in [-0.25, -0.2) is 13.1 Å². The second kappa shape index (κ2) is 9.05. The maximum Gasteiger partial charge on any atom is 0.244 e. The topological polar surface area (TPSA) is 76.7 Å². The Morgan fingerprint density at radius 2 is 2.22 bits per heavy atom. The highest BCUT2D eigenvalue weighted by atomic mass is 35.5. The third kappa shape index (κ3) is 5.77. The van der Waals surface area contributed by atoms with E-state index in [2.05, 4.69) is 10.0 Å². The van der Waals surface area contributed by atoms with E-state index in [9.17, 15) is 8.42 Å². The van der Waals surface area contributed by atoms with E-state index < -0.39 is 10.0 Å². The fourth-order valence-corrected chi connectivity index (χ4v) is 3.98. The van der Waals surface area contributed by atoms with E-state index in [0.29, 0.717) is 18.2 Å². The van der Waals surface area contributed by atoms with Crippen LogP contribution in [0.4, 0.5) is 0 Å². The molecule has 1 aromatic carbocycles. The number of halogens is 2. The number of hydrogen-bond acceptors (Lipinski definition) is 5. The van der Waals surface area contributed by atoms with Gasteiger partial charge < -0.3 is 14.8 Å². The summed E-state index contributed by atoms with van der Waals surface area (Å²) >= 11 is 5.95. The molecule has 1 aliphatic heterocycles. The van der Waals surface area contributed by atoms with E-state index in [0.717, 1.165) is 13.0 Å². The quantitative estimate of drug-likeness (QED) is 0.749. The van der Waals surface area contributed by atoms with Gasteiger partial charge in [-0.3, -0.25) is 0 Å². The van der Waals surface area contributed by atoms with Crippen LogP contribution in [0.25, 0.3) is 0 Å². The van der Waals surface area contributed by atoms with Gasteiger partial charge in [-0.05, 0) is 38.1 Å². The van der Waals surface area contributed by atoms with Gasteiger partial charge in [0.1, 0.15) is 16.7 Å². The molecule has 0 aromatic heterocycles. The van der Waals surface area contributed by atoms with Crippen LogP contribution in [0.5, 0.6) is 5.75 Å². The number of hydrogen-bond donors (Lipinski definition) is 2. The van der Waals surface area contributed by atoms with Crippen molar-refractivity contribution in [1.82, 2.24) is 10.0 Å². The SMILES string of the molecule is COCC(C)Oc1ccc(Cl)cc1S(=O)(=O)NC1CCNC1.Cl. The van der Waals surface area contributed by atoms with E-state index in [1.165, 1.54) is 6.07 Å². The van der Waals surface area contributed by atoms with Crippen molar-refractivity contribution in [2.75, 3.05) is 26.8 Å². The summed E-state index contributed by atoms with van der Waals surface area (Å²) in [5, 5.41) is 3.46. The number of nitrogens with one attached hydrogen (secondary N) is 2. The lowest BCUT2D eigenvalue weighted by Gasteiger charge is -2.18. The predicted octanol–water partition coefficient (Wildman–Crippen LogP) is 1.82. The molecule has 2 atom stereocenters. The Kier molecular flexibility index (Phi) is 8.06. The molecular weight excluding hydrogens is 363 g/mol. The van der Waals surface area contributed by atoms with Crippen molar-refractivity contribution in [3.05, 3.63) is 23.2 Å². The van der Waals surface area contributed by atoms with Gasteiger partial charge in [-0.1, -0.05) is 11.6 Å². The zero-order chi connectivity index (χ0) is 16.2.